The summed E-state index contributed by atoms with van der Waals surface area (Å²) in [5, 5.41) is 5.69. The van der Waals surface area contributed by atoms with Crippen LogP contribution in [-0.4, -0.2) is 31.1 Å². The van der Waals surface area contributed by atoms with Crippen molar-refractivity contribution in [3.63, 3.8) is 0 Å². The zero-order valence-electron chi connectivity index (χ0n) is 12.6. The van der Waals surface area contributed by atoms with E-state index in [9.17, 15) is 13.6 Å². The largest absolute Gasteiger partial charge is 0.303 e. The molecule has 0 aliphatic heterocycles. The Labute approximate surface area is 128 Å². The molecular formula is C17H18F2N2O. The molecule has 0 aromatic heterocycles. The number of hydrogen-bond acceptors (Lipinski definition) is 3. The normalized spacial score (nSPS) is 19.4. The second-order valence-electron chi connectivity index (χ2n) is 5.33. The Morgan fingerprint density at radius 3 is 2.55 bits per heavy atom. The molecule has 1 aliphatic rings. The molecule has 0 spiro atoms. The predicted octanol–water partition coefficient (Wildman–Crippen LogP) is 3.58. The molecule has 0 bridgehead atoms. The van der Waals surface area contributed by atoms with Gasteiger partial charge in [-0.2, -0.15) is 5.10 Å². The molecule has 0 amide bonds. The summed E-state index contributed by atoms with van der Waals surface area (Å²) >= 11 is 0. The standard InChI is InChI=1S/C17H18F2N2O/c1-21(2)20-9-8-13-4-3-5-14(17(13)22)10-12-6-7-15(18)16(19)11-12/h6-11H,3-5H2,1-2H3/b13-8+,14-10+,20-9?. The van der Waals surface area contributed by atoms with Gasteiger partial charge < -0.3 is 5.01 Å². The second-order valence-corrected chi connectivity index (χ2v) is 5.33. The third-order valence-electron chi connectivity index (χ3n) is 3.33. The lowest BCUT2D eigenvalue weighted by atomic mass is 9.87. The maximum atomic E-state index is 13.2. The predicted molar refractivity (Wildman–Crippen MR) is 83.5 cm³/mol. The van der Waals surface area contributed by atoms with Crippen molar-refractivity contribution in [3.05, 3.63) is 52.6 Å². The quantitative estimate of drug-likeness (QED) is 0.486. The molecule has 3 nitrogen and oxygen atoms in total. The summed E-state index contributed by atoms with van der Waals surface area (Å²) in [5.74, 6) is -1.86. The van der Waals surface area contributed by atoms with Gasteiger partial charge in [-0.05, 0) is 49.1 Å². The van der Waals surface area contributed by atoms with Crippen LogP contribution in [-0.2, 0) is 4.79 Å². The number of ketones is 1. The first kappa shape index (κ1) is 16.1. The lowest BCUT2D eigenvalue weighted by Gasteiger charge is -2.16. The van der Waals surface area contributed by atoms with Gasteiger partial charge in [0, 0.05) is 31.5 Å². The van der Waals surface area contributed by atoms with Crippen molar-refractivity contribution < 1.29 is 13.6 Å². The highest BCUT2D eigenvalue weighted by Gasteiger charge is 2.20. The molecule has 0 radical (unpaired) electrons. The van der Waals surface area contributed by atoms with Crippen LogP contribution in [0.2, 0.25) is 0 Å². The summed E-state index contributed by atoms with van der Waals surface area (Å²) in [6.07, 6.45) is 7.12. The fourth-order valence-corrected chi connectivity index (χ4v) is 2.26. The molecular weight excluding hydrogens is 286 g/mol. The third kappa shape index (κ3) is 4.10. The van der Waals surface area contributed by atoms with E-state index >= 15 is 0 Å². The van der Waals surface area contributed by atoms with Crippen LogP contribution in [0.5, 0.6) is 0 Å². The molecule has 0 N–H and O–H groups in total. The maximum Gasteiger partial charge on any atom is 0.185 e. The topological polar surface area (TPSA) is 32.7 Å². The van der Waals surface area contributed by atoms with Crippen LogP contribution in [0.15, 0.2) is 40.5 Å². The lowest BCUT2D eigenvalue weighted by molar-refractivity contribution is -0.112. The Balaban J connectivity index is 2.22. The van der Waals surface area contributed by atoms with Crippen LogP contribution >= 0.6 is 0 Å². The number of hydrazone groups is 1. The van der Waals surface area contributed by atoms with Crippen molar-refractivity contribution in [3.8, 4) is 0 Å². The molecule has 1 aliphatic carbocycles. The highest BCUT2D eigenvalue weighted by atomic mass is 19.2. The van der Waals surface area contributed by atoms with Crippen LogP contribution in [0.1, 0.15) is 24.8 Å². The SMILES string of the molecule is CN(C)N=C/C=C1\CCC/C(=C\c2ccc(F)c(F)c2)C1=O. The van der Waals surface area contributed by atoms with Gasteiger partial charge in [0.1, 0.15) is 0 Å². The van der Waals surface area contributed by atoms with Gasteiger partial charge in [0.25, 0.3) is 0 Å². The van der Waals surface area contributed by atoms with Crippen LogP contribution in [0.25, 0.3) is 6.08 Å². The molecule has 1 aromatic carbocycles. The molecule has 1 fully saturated rings. The van der Waals surface area contributed by atoms with Gasteiger partial charge in [-0.1, -0.05) is 6.07 Å². The van der Waals surface area contributed by atoms with Crippen molar-refractivity contribution >= 4 is 18.1 Å². The summed E-state index contributed by atoms with van der Waals surface area (Å²) < 4.78 is 26.2. The number of halogens is 2. The molecule has 0 atom stereocenters. The molecule has 1 saturated carbocycles. The van der Waals surface area contributed by atoms with E-state index in [1.54, 1.807) is 37.5 Å². The number of nitrogens with zero attached hydrogens (tertiary/aromatic N) is 2. The van der Waals surface area contributed by atoms with Crippen molar-refractivity contribution in [2.24, 2.45) is 5.10 Å². The van der Waals surface area contributed by atoms with Crippen molar-refractivity contribution in [2.75, 3.05) is 14.1 Å². The third-order valence-corrected chi connectivity index (χ3v) is 3.33. The minimum Gasteiger partial charge on any atom is -0.303 e. The zero-order chi connectivity index (χ0) is 16.1. The average molecular weight is 304 g/mol. The minimum absolute atomic E-state index is 0.0545. The Morgan fingerprint density at radius 2 is 1.86 bits per heavy atom. The van der Waals surface area contributed by atoms with Crippen molar-refractivity contribution in [2.45, 2.75) is 19.3 Å². The van der Waals surface area contributed by atoms with Gasteiger partial charge >= 0.3 is 0 Å². The molecule has 116 valence electrons. The van der Waals surface area contributed by atoms with E-state index in [1.165, 1.54) is 6.07 Å². The minimum atomic E-state index is -0.911. The van der Waals surface area contributed by atoms with E-state index in [0.29, 0.717) is 29.6 Å². The summed E-state index contributed by atoms with van der Waals surface area (Å²) in [5.41, 5.74) is 1.79. The number of allylic oxidation sites excluding steroid dienone is 3. The Hall–Kier alpha value is -2.30. The molecule has 2 rings (SSSR count). The summed E-state index contributed by atoms with van der Waals surface area (Å²) in [4.78, 5) is 12.4. The molecule has 0 saturated heterocycles. The van der Waals surface area contributed by atoms with E-state index in [4.69, 9.17) is 0 Å². The molecule has 5 heteroatoms. The fourth-order valence-electron chi connectivity index (χ4n) is 2.26. The molecule has 0 heterocycles. The van der Waals surface area contributed by atoms with Gasteiger partial charge in [-0.3, -0.25) is 4.79 Å². The first-order valence-electron chi connectivity index (χ1n) is 7.08. The number of carbonyl (C=O) groups excluding carboxylic acids is 1. The molecule has 0 unspecified atom stereocenters. The van der Waals surface area contributed by atoms with Crippen LogP contribution in [0, 0.1) is 11.6 Å². The van der Waals surface area contributed by atoms with Crippen molar-refractivity contribution in [1.82, 2.24) is 5.01 Å². The Bertz CT molecular complexity index is 661. The van der Waals surface area contributed by atoms with Crippen LogP contribution in [0.3, 0.4) is 0 Å². The highest BCUT2D eigenvalue weighted by Crippen LogP contribution is 2.26. The number of Topliss-reactive ketones (excluding diaryl/α,β-unsaturated/α-hetero) is 1. The van der Waals surface area contributed by atoms with Crippen molar-refractivity contribution in [1.29, 1.82) is 0 Å². The number of rotatable bonds is 3. The van der Waals surface area contributed by atoms with E-state index < -0.39 is 11.6 Å². The number of hydrogen-bond donors (Lipinski definition) is 0. The molecule has 1 aromatic rings. The number of benzene rings is 1. The first-order chi connectivity index (χ1) is 10.5. The first-order valence-corrected chi connectivity index (χ1v) is 7.08. The van der Waals surface area contributed by atoms with Crippen LogP contribution in [0.4, 0.5) is 8.78 Å². The molecule has 22 heavy (non-hydrogen) atoms. The monoisotopic (exact) mass is 304 g/mol. The Morgan fingerprint density at radius 1 is 1.14 bits per heavy atom. The Kier molecular flexibility index (Phi) is 5.20. The lowest BCUT2D eigenvalue weighted by Crippen LogP contribution is -2.13. The summed E-state index contributed by atoms with van der Waals surface area (Å²) in [6, 6.07) is 3.63. The van der Waals surface area contributed by atoms with Gasteiger partial charge in [-0.25, -0.2) is 8.78 Å². The van der Waals surface area contributed by atoms with Gasteiger partial charge in [0.15, 0.2) is 17.4 Å². The van der Waals surface area contributed by atoms with E-state index in [-0.39, 0.29) is 5.78 Å². The maximum absolute atomic E-state index is 13.2. The van der Waals surface area contributed by atoms with E-state index in [2.05, 4.69) is 5.10 Å². The van der Waals surface area contributed by atoms with Gasteiger partial charge in [-0.15, -0.1) is 0 Å². The van der Waals surface area contributed by atoms with Gasteiger partial charge in [0.2, 0.25) is 0 Å². The fraction of sp³-hybridized carbons (Fsp3) is 0.294. The zero-order valence-corrected chi connectivity index (χ0v) is 12.6. The van der Waals surface area contributed by atoms with Crippen LogP contribution < -0.4 is 0 Å². The summed E-state index contributed by atoms with van der Waals surface area (Å²) in [7, 11) is 3.60. The average Bonchev–Trinajstić information content (AvgIpc) is 2.46. The van der Waals surface area contributed by atoms with E-state index in [0.717, 1.165) is 18.6 Å². The summed E-state index contributed by atoms with van der Waals surface area (Å²) in [6.45, 7) is 0. The number of carbonyl (C=O) groups is 1. The smallest absolute Gasteiger partial charge is 0.185 e. The van der Waals surface area contributed by atoms with Gasteiger partial charge in [0.05, 0.1) is 0 Å². The van der Waals surface area contributed by atoms with E-state index in [1.807, 2.05) is 0 Å². The highest BCUT2D eigenvalue weighted by molar-refractivity contribution is 6.13. The second kappa shape index (κ2) is 7.11.